The number of hydrogen-bond acceptors (Lipinski definition) is 8. The molecule has 10 heteroatoms. The van der Waals surface area contributed by atoms with Crippen molar-refractivity contribution in [3.63, 3.8) is 0 Å². The number of amides is 1. The number of aryl methyl sites for hydroxylation is 2. The van der Waals surface area contributed by atoms with Crippen LogP contribution in [-0.4, -0.2) is 44.4 Å². The minimum absolute atomic E-state index is 0.130. The predicted molar refractivity (Wildman–Crippen MR) is 87.8 cm³/mol. The molecule has 0 radical (unpaired) electrons. The monoisotopic (exact) mass is 353 g/mol. The Bertz CT molecular complexity index is 725. The maximum atomic E-state index is 11.9. The zero-order valence-electron chi connectivity index (χ0n) is 12.6. The van der Waals surface area contributed by atoms with E-state index in [0.29, 0.717) is 26.7 Å². The van der Waals surface area contributed by atoms with Crippen molar-refractivity contribution in [2.24, 2.45) is 0 Å². The van der Waals surface area contributed by atoms with E-state index in [9.17, 15) is 9.59 Å². The van der Waals surface area contributed by atoms with E-state index in [1.54, 1.807) is 13.8 Å². The van der Waals surface area contributed by atoms with Crippen LogP contribution in [-0.2, 0) is 9.53 Å². The van der Waals surface area contributed by atoms with Gasteiger partial charge in [0, 0.05) is 0 Å². The third-order valence-corrected chi connectivity index (χ3v) is 4.37. The number of rotatable bonds is 7. The molecule has 0 aliphatic heterocycles. The van der Waals surface area contributed by atoms with E-state index in [-0.39, 0.29) is 18.3 Å². The van der Waals surface area contributed by atoms with Crippen LogP contribution >= 0.6 is 23.1 Å². The van der Waals surface area contributed by atoms with Gasteiger partial charge in [0.05, 0.1) is 11.4 Å². The first-order valence-electron chi connectivity index (χ1n) is 6.56. The molecule has 0 fully saturated rings. The molecule has 8 nitrogen and oxygen atoms in total. The van der Waals surface area contributed by atoms with Crippen LogP contribution in [0.3, 0.4) is 0 Å². The van der Waals surface area contributed by atoms with Gasteiger partial charge < -0.3 is 10.1 Å². The molecule has 122 valence electrons. The lowest BCUT2D eigenvalue weighted by Gasteiger charge is -1.99. The smallest absolute Gasteiger partial charge is 0.350 e. The van der Waals surface area contributed by atoms with Crippen LogP contribution in [0.4, 0.5) is 5.13 Å². The van der Waals surface area contributed by atoms with Gasteiger partial charge in [0.15, 0.2) is 5.13 Å². The summed E-state index contributed by atoms with van der Waals surface area (Å²) in [7, 11) is 0. The Kier molecular flexibility index (Phi) is 5.88. The molecule has 23 heavy (non-hydrogen) atoms. The highest BCUT2D eigenvalue weighted by Crippen LogP contribution is 2.24. The number of H-pyrrole nitrogens is 1. The van der Waals surface area contributed by atoms with Crippen molar-refractivity contribution < 1.29 is 14.3 Å². The van der Waals surface area contributed by atoms with Crippen LogP contribution in [0, 0.1) is 13.8 Å². The van der Waals surface area contributed by atoms with E-state index in [1.165, 1.54) is 17.8 Å². The van der Waals surface area contributed by atoms with Gasteiger partial charge in [-0.1, -0.05) is 35.8 Å². The Hall–Kier alpha value is -2.20. The van der Waals surface area contributed by atoms with Gasteiger partial charge >= 0.3 is 5.97 Å². The van der Waals surface area contributed by atoms with E-state index in [1.807, 2.05) is 0 Å². The van der Waals surface area contributed by atoms with Crippen LogP contribution in [0.5, 0.6) is 0 Å². The zero-order chi connectivity index (χ0) is 16.8. The lowest BCUT2D eigenvalue weighted by atomic mass is 10.4. The van der Waals surface area contributed by atoms with Crippen LogP contribution in [0.25, 0.3) is 0 Å². The van der Waals surface area contributed by atoms with Crippen LogP contribution in [0.2, 0.25) is 0 Å². The van der Waals surface area contributed by atoms with Gasteiger partial charge in [0.25, 0.3) is 0 Å². The summed E-state index contributed by atoms with van der Waals surface area (Å²) in [4.78, 5) is 32.3. The first-order chi connectivity index (χ1) is 11.0. The Morgan fingerprint density at radius 2 is 2.22 bits per heavy atom. The van der Waals surface area contributed by atoms with Crippen LogP contribution in [0.1, 0.15) is 21.2 Å². The van der Waals surface area contributed by atoms with Crippen molar-refractivity contribution in [1.82, 2.24) is 20.2 Å². The topological polar surface area (TPSA) is 110 Å². The highest BCUT2D eigenvalue weighted by atomic mass is 32.2. The number of nitrogens with zero attached hydrogens (tertiary/aromatic N) is 3. The average Bonchev–Trinajstić information content (AvgIpc) is 3.08. The number of carbonyl (C=O) groups excluding carboxylic acids is 2. The number of nitrogens with one attached hydrogen (secondary N) is 2. The van der Waals surface area contributed by atoms with Crippen LogP contribution in [0.15, 0.2) is 17.8 Å². The SMILES string of the molecule is C=CCOC(=O)c1sc(NC(=O)CSc2n[nH]c(C)n2)nc1C. The molecule has 0 aromatic carbocycles. The quantitative estimate of drug-likeness (QED) is 0.445. The molecule has 1 amide bonds. The second kappa shape index (κ2) is 7.88. The fourth-order valence-electron chi connectivity index (χ4n) is 1.51. The molecule has 0 spiro atoms. The number of esters is 1. The van der Waals surface area contributed by atoms with Crippen molar-refractivity contribution in [2.45, 2.75) is 19.0 Å². The number of carbonyl (C=O) groups is 2. The summed E-state index contributed by atoms with van der Waals surface area (Å²) >= 11 is 2.28. The average molecular weight is 353 g/mol. The molecule has 0 saturated heterocycles. The molecule has 2 N–H and O–H groups in total. The number of ether oxygens (including phenoxy) is 1. The number of aromatic amines is 1. The third kappa shape index (κ3) is 4.89. The van der Waals surface area contributed by atoms with Crippen molar-refractivity contribution in [2.75, 3.05) is 17.7 Å². The summed E-state index contributed by atoms with van der Waals surface area (Å²) in [5.74, 6) is 0.0981. The summed E-state index contributed by atoms with van der Waals surface area (Å²) in [5, 5.41) is 10.1. The molecule has 0 bridgehead atoms. The maximum absolute atomic E-state index is 11.9. The standard InChI is InChI=1S/C13H15N5O3S2/c1-4-5-21-11(20)10-7(2)14-12(23-10)16-9(19)6-22-13-15-8(3)17-18-13/h4H,1,5-6H2,2-3H3,(H,14,16,19)(H,15,17,18). The van der Waals surface area contributed by atoms with E-state index >= 15 is 0 Å². The van der Waals surface area contributed by atoms with Gasteiger partial charge in [-0.05, 0) is 13.8 Å². The molecule has 0 aliphatic rings. The molecular formula is C13H15N5O3S2. The number of thioether (sulfide) groups is 1. The Morgan fingerprint density at radius 3 is 2.87 bits per heavy atom. The van der Waals surface area contributed by atoms with Crippen molar-refractivity contribution >= 4 is 40.1 Å². The largest absolute Gasteiger partial charge is 0.457 e. The Balaban J connectivity index is 1.90. The lowest BCUT2D eigenvalue weighted by molar-refractivity contribution is -0.113. The molecule has 2 aromatic heterocycles. The van der Waals surface area contributed by atoms with Crippen LogP contribution < -0.4 is 5.32 Å². The van der Waals surface area contributed by atoms with Gasteiger partial charge in [0.1, 0.15) is 17.3 Å². The van der Waals surface area contributed by atoms with Gasteiger partial charge in [-0.15, -0.1) is 5.10 Å². The highest BCUT2D eigenvalue weighted by molar-refractivity contribution is 7.99. The summed E-state index contributed by atoms with van der Waals surface area (Å²) in [6, 6.07) is 0. The van der Waals surface area contributed by atoms with E-state index in [4.69, 9.17) is 4.74 Å². The summed E-state index contributed by atoms with van der Waals surface area (Å²) < 4.78 is 4.96. The third-order valence-electron chi connectivity index (χ3n) is 2.47. The maximum Gasteiger partial charge on any atom is 0.350 e. The Labute approximate surface area is 140 Å². The first kappa shape index (κ1) is 17.2. The summed E-state index contributed by atoms with van der Waals surface area (Å²) in [6.07, 6.45) is 1.49. The van der Waals surface area contributed by atoms with E-state index < -0.39 is 5.97 Å². The molecule has 2 aromatic rings. The summed E-state index contributed by atoms with van der Waals surface area (Å²) in [5.41, 5.74) is 0.511. The number of anilines is 1. The molecular weight excluding hydrogens is 338 g/mol. The second-order valence-electron chi connectivity index (χ2n) is 4.36. The number of thiazole rings is 1. The molecule has 0 aliphatic carbocycles. The van der Waals surface area contributed by atoms with Gasteiger partial charge in [-0.2, -0.15) is 0 Å². The second-order valence-corrected chi connectivity index (χ2v) is 6.30. The Morgan fingerprint density at radius 1 is 1.43 bits per heavy atom. The molecule has 2 heterocycles. The van der Waals surface area contributed by atoms with Gasteiger partial charge in [-0.3, -0.25) is 9.89 Å². The lowest BCUT2D eigenvalue weighted by Crippen LogP contribution is -2.13. The summed E-state index contributed by atoms with van der Waals surface area (Å²) in [6.45, 7) is 7.07. The molecule has 0 atom stereocenters. The van der Waals surface area contributed by atoms with Crippen molar-refractivity contribution in [1.29, 1.82) is 0 Å². The minimum Gasteiger partial charge on any atom is -0.457 e. The van der Waals surface area contributed by atoms with E-state index in [0.717, 1.165) is 11.3 Å². The minimum atomic E-state index is -0.481. The number of hydrogen-bond donors (Lipinski definition) is 2. The van der Waals surface area contributed by atoms with E-state index in [2.05, 4.69) is 32.1 Å². The van der Waals surface area contributed by atoms with Crippen molar-refractivity contribution in [3.8, 4) is 0 Å². The normalized spacial score (nSPS) is 10.3. The molecule has 2 rings (SSSR count). The predicted octanol–water partition coefficient (Wildman–Crippen LogP) is 1.95. The first-order valence-corrected chi connectivity index (χ1v) is 8.37. The zero-order valence-corrected chi connectivity index (χ0v) is 14.2. The highest BCUT2D eigenvalue weighted by Gasteiger charge is 2.17. The van der Waals surface area contributed by atoms with Gasteiger partial charge in [0.2, 0.25) is 11.1 Å². The fourth-order valence-corrected chi connectivity index (χ4v) is 3.03. The molecule has 0 saturated carbocycles. The number of aromatic nitrogens is 4. The van der Waals surface area contributed by atoms with Crippen molar-refractivity contribution in [3.05, 3.63) is 29.1 Å². The molecule has 0 unspecified atom stereocenters. The fraction of sp³-hybridized carbons (Fsp3) is 0.308. The van der Waals surface area contributed by atoms with Gasteiger partial charge in [-0.25, -0.2) is 14.8 Å².